The van der Waals surface area contributed by atoms with Crippen LogP contribution in [0.2, 0.25) is 0 Å². The summed E-state index contributed by atoms with van der Waals surface area (Å²) >= 11 is 0. The highest BCUT2D eigenvalue weighted by atomic mass is 16.3. The Bertz CT molecular complexity index is 2200. The maximum absolute atomic E-state index is 6.28. The van der Waals surface area contributed by atoms with Crippen LogP contribution in [0.1, 0.15) is 11.1 Å². The van der Waals surface area contributed by atoms with Crippen molar-refractivity contribution >= 4 is 68.2 Å². The highest BCUT2D eigenvalue weighted by Crippen LogP contribution is 2.39. The van der Waals surface area contributed by atoms with Gasteiger partial charge in [-0.3, -0.25) is 0 Å². The smallest absolute Gasteiger partial charge is 0.135 e. The molecule has 0 saturated carbocycles. The summed E-state index contributed by atoms with van der Waals surface area (Å²) in [6, 6.07) is 63.5. The van der Waals surface area contributed by atoms with Crippen molar-refractivity contribution in [2.24, 2.45) is 0 Å². The van der Waals surface area contributed by atoms with Crippen LogP contribution in [0.15, 0.2) is 186 Å². The van der Waals surface area contributed by atoms with Crippen LogP contribution in [0, 0.1) is 0 Å². The van der Waals surface area contributed by atoms with Gasteiger partial charge in [0.2, 0.25) is 0 Å². The zero-order chi connectivity index (χ0) is 31.4. The molecule has 0 spiro atoms. The van der Waals surface area contributed by atoms with E-state index >= 15 is 0 Å². The minimum Gasteiger partial charge on any atom is -0.456 e. The van der Waals surface area contributed by atoms with Crippen LogP contribution in [0.5, 0.6) is 0 Å². The zero-order valence-corrected chi connectivity index (χ0v) is 25.8. The Morgan fingerprint density at radius 2 is 0.681 bits per heavy atom. The van der Waals surface area contributed by atoms with Gasteiger partial charge in [-0.05, 0) is 102 Å². The Kier molecular flexibility index (Phi) is 7.54. The lowest BCUT2D eigenvalue weighted by Gasteiger charge is -2.25. The van der Waals surface area contributed by atoms with Crippen LogP contribution < -0.4 is 9.80 Å². The Morgan fingerprint density at radius 3 is 1.19 bits per heavy atom. The second kappa shape index (κ2) is 12.6. The highest BCUT2D eigenvalue weighted by Gasteiger charge is 2.15. The minimum absolute atomic E-state index is 0.878. The molecule has 3 nitrogen and oxygen atoms in total. The van der Waals surface area contributed by atoms with E-state index in [1.54, 1.807) is 0 Å². The largest absolute Gasteiger partial charge is 0.456 e. The van der Waals surface area contributed by atoms with E-state index in [-0.39, 0.29) is 0 Å². The van der Waals surface area contributed by atoms with Crippen molar-refractivity contribution in [2.45, 2.75) is 0 Å². The van der Waals surface area contributed by atoms with Crippen molar-refractivity contribution in [3.8, 4) is 0 Å². The van der Waals surface area contributed by atoms with E-state index in [4.69, 9.17) is 4.42 Å². The first-order valence-electron chi connectivity index (χ1n) is 15.9. The van der Waals surface area contributed by atoms with Gasteiger partial charge in [0.15, 0.2) is 0 Å². The normalized spacial score (nSPS) is 11.3. The second-order valence-corrected chi connectivity index (χ2v) is 11.5. The fourth-order valence-corrected chi connectivity index (χ4v) is 6.16. The van der Waals surface area contributed by atoms with Crippen molar-refractivity contribution < 1.29 is 4.42 Å². The number of anilines is 6. The molecule has 0 bridgehead atoms. The van der Waals surface area contributed by atoms with Crippen LogP contribution in [0.3, 0.4) is 0 Å². The average molecular weight is 605 g/mol. The molecule has 47 heavy (non-hydrogen) atoms. The number of nitrogens with zero attached hydrogens (tertiary/aromatic N) is 2. The number of fused-ring (bicyclic) bond motifs is 3. The van der Waals surface area contributed by atoms with Crippen LogP contribution in [-0.4, -0.2) is 0 Å². The summed E-state index contributed by atoms with van der Waals surface area (Å²) in [7, 11) is 0. The molecular weight excluding hydrogens is 572 g/mol. The molecule has 1 heterocycles. The number of furan rings is 1. The molecule has 1 aromatic heterocycles. The lowest BCUT2D eigenvalue weighted by atomic mass is 10.1. The van der Waals surface area contributed by atoms with Gasteiger partial charge in [0, 0.05) is 44.9 Å². The van der Waals surface area contributed by atoms with E-state index in [0.29, 0.717) is 0 Å². The van der Waals surface area contributed by atoms with Crippen molar-refractivity contribution in [3.05, 3.63) is 193 Å². The van der Waals surface area contributed by atoms with Gasteiger partial charge in [-0.1, -0.05) is 103 Å². The topological polar surface area (TPSA) is 19.6 Å². The minimum atomic E-state index is 0.878. The average Bonchev–Trinajstić information content (AvgIpc) is 3.51. The summed E-state index contributed by atoms with van der Waals surface area (Å²) in [4.78, 5) is 4.55. The molecule has 0 radical (unpaired) electrons. The first-order chi connectivity index (χ1) is 23.3. The standard InChI is InChI=1S/C44H32N2O/c1-5-13-35(14-6-1)45(36-15-7-2-8-16-36)39-26-23-33(24-27-39)21-22-34-25-29-43-41(31-34)42-32-40(28-30-44(42)47-43)46(37-17-9-3-10-18-37)38-19-11-4-12-20-38/h1-32H/b22-21+. The van der Waals surface area contributed by atoms with E-state index in [2.05, 4.69) is 180 Å². The van der Waals surface area contributed by atoms with Gasteiger partial charge in [-0.15, -0.1) is 0 Å². The van der Waals surface area contributed by atoms with Gasteiger partial charge in [0.1, 0.15) is 11.2 Å². The Morgan fingerprint density at radius 1 is 0.319 bits per heavy atom. The molecule has 224 valence electrons. The molecule has 0 aliphatic carbocycles. The number of benzene rings is 7. The number of hydrogen-bond acceptors (Lipinski definition) is 3. The van der Waals surface area contributed by atoms with Crippen LogP contribution in [-0.2, 0) is 0 Å². The number of hydrogen-bond donors (Lipinski definition) is 0. The van der Waals surface area contributed by atoms with Crippen molar-refractivity contribution in [1.29, 1.82) is 0 Å². The third-order valence-corrected chi connectivity index (χ3v) is 8.41. The number of rotatable bonds is 8. The molecule has 0 saturated heterocycles. The molecule has 0 atom stereocenters. The monoisotopic (exact) mass is 604 g/mol. The molecule has 0 aliphatic heterocycles. The highest BCUT2D eigenvalue weighted by molar-refractivity contribution is 6.07. The van der Waals surface area contributed by atoms with Gasteiger partial charge in [-0.2, -0.15) is 0 Å². The van der Waals surface area contributed by atoms with Gasteiger partial charge < -0.3 is 14.2 Å². The summed E-state index contributed by atoms with van der Waals surface area (Å²) in [5.41, 5.74) is 10.7. The fourth-order valence-electron chi connectivity index (χ4n) is 6.16. The predicted octanol–water partition coefficient (Wildman–Crippen LogP) is 12.7. The molecule has 0 amide bonds. The molecule has 0 fully saturated rings. The molecule has 7 aromatic carbocycles. The first-order valence-corrected chi connectivity index (χ1v) is 15.9. The Balaban J connectivity index is 1.11. The molecule has 0 aliphatic rings. The van der Waals surface area contributed by atoms with Crippen LogP contribution >= 0.6 is 0 Å². The van der Waals surface area contributed by atoms with Crippen LogP contribution in [0.25, 0.3) is 34.1 Å². The third kappa shape index (κ3) is 5.79. The fraction of sp³-hybridized carbons (Fsp3) is 0. The Hall–Kier alpha value is -6.32. The summed E-state index contributed by atoms with van der Waals surface area (Å²) in [5, 5.41) is 2.19. The summed E-state index contributed by atoms with van der Waals surface area (Å²) < 4.78 is 6.28. The SMILES string of the molecule is C(=C\c1ccc2oc3ccc(N(c4ccccc4)c4ccccc4)cc3c2c1)/c1ccc(N(c2ccccc2)c2ccccc2)cc1. The summed E-state index contributed by atoms with van der Waals surface area (Å²) in [6.07, 6.45) is 4.34. The zero-order valence-electron chi connectivity index (χ0n) is 25.8. The third-order valence-electron chi connectivity index (χ3n) is 8.41. The molecule has 3 heteroatoms. The van der Waals surface area contributed by atoms with Gasteiger partial charge in [0.25, 0.3) is 0 Å². The first kappa shape index (κ1) is 28.2. The molecular formula is C44H32N2O. The van der Waals surface area contributed by atoms with Crippen molar-refractivity contribution in [2.75, 3.05) is 9.80 Å². The Labute approximate surface area is 274 Å². The molecule has 8 aromatic rings. The van der Waals surface area contributed by atoms with E-state index in [1.165, 1.54) is 0 Å². The molecule has 0 unspecified atom stereocenters. The van der Waals surface area contributed by atoms with E-state index < -0.39 is 0 Å². The molecule has 8 rings (SSSR count). The molecule has 0 N–H and O–H groups in total. The van der Waals surface area contributed by atoms with Gasteiger partial charge in [-0.25, -0.2) is 0 Å². The quantitative estimate of drug-likeness (QED) is 0.161. The number of para-hydroxylation sites is 4. The van der Waals surface area contributed by atoms with Gasteiger partial charge >= 0.3 is 0 Å². The predicted molar refractivity (Wildman–Crippen MR) is 198 cm³/mol. The maximum Gasteiger partial charge on any atom is 0.135 e. The van der Waals surface area contributed by atoms with E-state index in [1.807, 2.05) is 24.3 Å². The maximum atomic E-state index is 6.28. The summed E-state index contributed by atoms with van der Waals surface area (Å²) in [6.45, 7) is 0. The second-order valence-electron chi connectivity index (χ2n) is 11.5. The van der Waals surface area contributed by atoms with Crippen LogP contribution in [0.4, 0.5) is 34.1 Å². The van der Waals surface area contributed by atoms with E-state index in [9.17, 15) is 0 Å². The summed E-state index contributed by atoms with van der Waals surface area (Å²) in [5.74, 6) is 0. The lowest BCUT2D eigenvalue weighted by molar-refractivity contribution is 0.669. The van der Waals surface area contributed by atoms with Crippen molar-refractivity contribution in [3.63, 3.8) is 0 Å². The van der Waals surface area contributed by atoms with E-state index in [0.717, 1.165) is 67.2 Å². The van der Waals surface area contributed by atoms with Gasteiger partial charge in [0.05, 0.1) is 0 Å². The van der Waals surface area contributed by atoms with Crippen molar-refractivity contribution in [1.82, 2.24) is 0 Å². The lowest BCUT2D eigenvalue weighted by Crippen LogP contribution is -2.09.